The third-order valence-corrected chi connectivity index (χ3v) is 6.61. The molecule has 0 unspecified atom stereocenters. The number of halogens is 1. The molecule has 0 radical (unpaired) electrons. The Hall–Kier alpha value is -2.31. The lowest BCUT2D eigenvalue weighted by atomic mass is 10.0. The third kappa shape index (κ3) is 4.39. The Balaban J connectivity index is 2.03. The van der Waals surface area contributed by atoms with E-state index in [1.54, 1.807) is 16.8 Å². The Bertz CT molecular complexity index is 1030. The molecular weight excluding hydrogens is 394 g/mol. The standard InChI is InChI=1S/C21H24ClN3O2S/c1-4-24-14-13-19(23-24)15-25(20-9-5-17(6-10-20)16(2)3)28(26,27)21-11-7-18(22)8-12-21/h5-14,16H,4,15H2,1-3H3. The van der Waals surface area contributed by atoms with E-state index < -0.39 is 10.0 Å². The molecule has 5 nitrogen and oxygen atoms in total. The zero-order valence-electron chi connectivity index (χ0n) is 16.2. The van der Waals surface area contributed by atoms with Gasteiger partial charge in [0.2, 0.25) is 0 Å². The fraction of sp³-hybridized carbons (Fsp3) is 0.286. The van der Waals surface area contributed by atoms with Crippen molar-refractivity contribution in [2.24, 2.45) is 0 Å². The van der Waals surface area contributed by atoms with E-state index in [1.165, 1.54) is 16.4 Å². The lowest BCUT2D eigenvalue weighted by molar-refractivity contribution is 0.588. The molecule has 1 aromatic heterocycles. The highest BCUT2D eigenvalue weighted by molar-refractivity contribution is 7.92. The molecule has 0 aliphatic heterocycles. The number of hydrogen-bond acceptors (Lipinski definition) is 3. The molecule has 148 valence electrons. The van der Waals surface area contributed by atoms with Crippen LogP contribution in [0.3, 0.4) is 0 Å². The van der Waals surface area contributed by atoms with Crippen LogP contribution in [0.25, 0.3) is 0 Å². The molecule has 28 heavy (non-hydrogen) atoms. The van der Waals surface area contributed by atoms with Gasteiger partial charge in [0.1, 0.15) is 0 Å². The molecule has 0 fully saturated rings. The zero-order valence-corrected chi connectivity index (χ0v) is 17.8. The van der Waals surface area contributed by atoms with Crippen LogP contribution in [0.4, 0.5) is 5.69 Å². The molecule has 1 heterocycles. The van der Waals surface area contributed by atoms with Crippen LogP contribution in [0, 0.1) is 0 Å². The van der Waals surface area contributed by atoms with Crippen LogP contribution in [-0.2, 0) is 23.1 Å². The van der Waals surface area contributed by atoms with Crippen LogP contribution in [0.15, 0.2) is 65.7 Å². The summed E-state index contributed by atoms with van der Waals surface area (Å²) in [7, 11) is -3.77. The Labute approximate surface area is 171 Å². The van der Waals surface area contributed by atoms with Gasteiger partial charge in [0.15, 0.2) is 0 Å². The van der Waals surface area contributed by atoms with Gasteiger partial charge in [0, 0.05) is 17.8 Å². The van der Waals surface area contributed by atoms with Gasteiger partial charge in [-0.1, -0.05) is 37.6 Å². The summed E-state index contributed by atoms with van der Waals surface area (Å²) in [5.41, 5.74) is 2.44. The number of aryl methyl sites for hydroxylation is 1. The monoisotopic (exact) mass is 417 g/mol. The molecule has 0 saturated carbocycles. The van der Waals surface area contributed by atoms with Crippen molar-refractivity contribution < 1.29 is 8.42 Å². The van der Waals surface area contributed by atoms with Crippen molar-refractivity contribution in [1.29, 1.82) is 0 Å². The van der Waals surface area contributed by atoms with Crippen molar-refractivity contribution >= 4 is 27.3 Å². The van der Waals surface area contributed by atoms with Gasteiger partial charge in [-0.05, 0) is 60.9 Å². The number of nitrogens with zero attached hydrogens (tertiary/aromatic N) is 3. The van der Waals surface area contributed by atoms with E-state index in [1.807, 2.05) is 43.5 Å². The molecule has 0 spiro atoms. The van der Waals surface area contributed by atoms with Crippen LogP contribution in [-0.4, -0.2) is 18.2 Å². The SMILES string of the molecule is CCn1ccc(CN(c2ccc(C(C)C)cc2)S(=O)(=O)c2ccc(Cl)cc2)n1. The van der Waals surface area contributed by atoms with E-state index in [-0.39, 0.29) is 11.4 Å². The van der Waals surface area contributed by atoms with Gasteiger partial charge in [-0.3, -0.25) is 8.99 Å². The quantitative estimate of drug-likeness (QED) is 0.538. The Morgan fingerprint density at radius 1 is 1.04 bits per heavy atom. The Kier molecular flexibility index (Phi) is 6.10. The summed E-state index contributed by atoms with van der Waals surface area (Å²) in [6.45, 7) is 7.08. The second-order valence-corrected chi connectivity index (χ2v) is 9.17. The van der Waals surface area contributed by atoms with E-state index in [0.29, 0.717) is 22.3 Å². The first-order valence-electron chi connectivity index (χ1n) is 9.22. The maximum absolute atomic E-state index is 13.4. The van der Waals surface area contributed by atoms with E-state index in [9.17, 15) is 8.42 Å². The second kappa shape index (κ2) is 8.37. The molecule has 7 heteroatoms. The van der Waals surface area contributed by atoms with Crippen LogP contribution in [0.5, 0.6) is 0 Å². The predicted octanol–water partition coefficient (Wildman–Crippen LogP) is 5.08. The number of aromatic nitrogens is 2. The van der Waals surface area contributed by atoms with Crippen molar-refractivity contribution in [1.82, 2.24) is 9.78 Å². The third-order valence-electron chi connectivity index (χ3n) is 4.57. The summed E-state index contributed by atoms with van der Waals surface area (Å²) in [6.07, 6.45) is 1.85. The molecule has 0 bridgehead atoms. The minimum atomic E-state index is -3.77. The van der Waals surface area contributed by atoms with Crippen molar-refractivity contribution in [2.75, 3.05) is 4.31 Å². The van der Waals surface area contributed by atoms with E-state index in [2.05, 4.69) is 18.9 Å². The highest BCUT2D eigenvalue weighted by Gasteiger charge is 2.26. The smallest absolute Gasteiger partial charge is 0.264 e. The van der Waals surface area contributed by atoms with E-state index in [4.69, 9.17) is 11.6 Å². The highest BCUT2D eigenvalue weighted by atomic mass is 35.5. The topological polar surface area (TPSA) is 55.2 Å². The maximum atomic E-state index is 13.4. The molecule has 0 aliphatic rings. The molecular formula is C21H24ClN3O2S. The highest BCUT2D eigenvalue weighted by Crippen LogP contribution is 2.28. The Morgan fingerprint density at radius 2 is 1.68 bits per heavy atom. The normalized spacial score (nSPS) is 11.8. The molecule has 0 amide bonds. The first-order valence-corrected chi connectivity index (χ1v) is 11.0. The number of sulfonamides is 1. The number of rotatable bonds is 7. The number of anilines is 1. The van der Waals surface area contributed by atoms with Crippen LogP contribution in [0.2, 0.25) is 5.02 Å². The molecule has 2 aromatic carbocycles. The average molecular weight is 418 g/mol. The van der Waals surface area contributed by atoms with Crippen molar-refractivity contribution in [3.8, 4) is 0 Å². The summed E-state index contributed by atoms with van der Waals surface area (Å²) >= 11 is 5.93. The first kappa shape index (κ1) is 20.4. The van der Waals surface area contributed by atoms with Crippen LogP contribution < -0.4 is 4.31 Å². The maximum Gasteiger partial charge on any atom is 0.264 e. The number of benzene rings is 2. The summed E-state index contributed by atoms with van der Waals surface area (Å²) < 4.78 is 30.0. The molecule has 0 atom stereocenters. The van der Waals surface area contributed by atoms with Crippen molar-refractivity contribution in [3.05, 3.63) is 77.1 Å². The summed E-state index contributed by atoms with van der Waals surface area (Å²) in [4.78, 5) is 0.194. The minimum absolute atomic E-state index is 0.152. The predicted molar refractivity (Wildman–Crippen MR) is 113 cm³/mol. The lowest BCUT2D eigenvalue weighted by Crippen LogP contribution is -2.30. The zero-order chi connectivity index (χ0) is 20.3. The van der Waals surface area contributed by atoms with Gasteiger partial charge < -0.3 is 0 Å². The summed E-state index contributed by atoms with van der Waals surface area (Å²) in [6, 6.07) is 15.7. The molecule has 0 saturated heterocycles. The van der Waals surface area contributed by atoms with Crippen molar-refractivity contribution in [2.45, 2.75) is 44.7 Å². The molecule has 0 aliphatic carbocycles. The largest absolute Gasteiger partial charge is 0.273 e. The minimum Gasteiger partial charge on any atom is -0.273 e. The van der Waals surface area contributed by atoms with Crippen molar-refractivity contribution in [3.63, 3.8) is 0 Å². The van der Waals surface area contributed by atoms with E-state index >= 15 is 0 Å². The van der Waals surface area contributed by atoms with Gasteiger partial charge in [-0.15, -0.1) is 0 Å². The Morgan fingerprint density at radius 3 is 2.21 bits per heavy atom. The van der Waals surface area contributed by atoms with Gasteiger partial charge in [-0.25, -0.2) is 8.42 Å². The number of hydrogen-bond donors (Lipinski definition) is 0. The second-order valence-electron chi connectivity index (χ2n) is 6.87. The lowest BCUT2D eigenvalue weighted by Gasteiger charge is -2.24. The molecule has 3 aromatic rings. The summed E-state index contributed by atoms with van der Waals surface area (Å²) in [5, 5.41) is 4.94. The van der Waals surface area contributed by atoms with Gasteiger partial charge in [0.25, 0.3) is 10.0 Å². The van der Waals surface area contributed by atoms with Gasteiger partial charge >= 0.3 is 0 Å². The fourth-order valence-corrected chi connectivity index (χ4v) is 4.45. The molecule has 0 N–H and O–H groups in total. The summed E-state index contributed by atoms with van der Waals surface area (Å²) in [5.74, 6) is 0.371. The first-order chi connectivity index (χ1) is 13.3. The van der Waals surface area contributed by atoms with E-state index in [0.717, 1.165) is 12.1 Å². The van der Waals surface area contributed by atoms with Crippen LogP contribution in [0.1, 0.15) is 37.9 Å². The van der Waals surface area contributed by atoms with Gasteiger partial charge in [-0.2, -0.15) is 5.10 Å². The molecule has 3 rings (SSSR count). The van der Waals surface area contributed by atoms with Gasteiger partial charge in [0.05, 0.1) is 22.8 Å². The fourth-order valence-electron chi connectivity index (χ4n) is 2.89. The average Bonchev–Trinajstić information content (AvgIpc) is 3.14. The van der Waals surface area contributed by atoms with Crippen LogP contribution >= 0.6 is 11.6 Å².